The van der Waals surface area contributed by atoms with Crippen LogP contribution in [0.4, 0.5) is 0 Å². The van der Waals surface area contributed by atoms with Crippen LogP contribution in [-0.4, -0.2) is 64.9 Å². The fraction of sp³-hybridized carbons (Fsp3) is 0.448. The molecule has 3 aliphatic rings. The van der Waals surface area contributed by atoms with E-state index < -0.39 is 6.29 Å². The van der Waals surface area contributed by atoms with Gasteiger partial charge in [0.05, 0.1) is 17.6 Å². The fourth-order valence-electron chi connectivity index (χ4n) is 5.64. The summed E-state index contributed by atoms with van der Waals surface area (Å²) in [5.74, 6) is 1.40. The van der Waals surface area contributed by atoms with Crippen LogP contribution in [-0.2, 0) is 14.3 Å². The number of hydrogen-bond acceptors (Lipinski definition) is 7. The number of carbonyl (C=O) groups excluding carboxylic acids is 1. The number of unbranched alkanes of at least 4 members (excludes halogenated alkanes) is 1. The normalized spacial score (nSPS) is 21.2. The highest BCUT2D eigenvalue weighted by Crippen LogP contribution is 2.39. The number of aliphatic hydroxyl groups is 1. The lowest BCUT2D eigenvalue weighted by molar-refractivity contribution is -0.153. The summed E-state index contributed by atoms with van der Waals surface area (Å²) in [6.45, 7) is 1.79. The van der Waals surface area contributed by atoms with Crippen LogP contribution in [0.2, 0.25) is 0 Å². The molecule has 0 unspecified atom stereocenters. The van der Waals surface area contributed by atoms with Gasteiger partial charge in [0.25, 0.3) is 5.91 Å². The molecule has 2 N–H and O–H groups in total. The lowest BCUT2D eigenvalue weighted by Gasteiger charge is -2.35. The maximum Gasteiger partial charge on any atom is 0.326 e. The molecule has 1 fully saturated rings. The number of carbonyl (C=O) groups is 1. The van der Waals surface area contributed by atoms with E-state index in [-0.39, 0.29) is 42.7 Å². The molecule has 0 saturated carbocycles. The Balaban J connectivity index is 1.17. The predicted molar refractivity (Wildman–Crippen MR) is 143 cm³/mol. The molecule has 1 aromatic heterocycles. The molecule has 2 atom stereocenters. The first-order chi connectivity index (χ1) is 19.1. The molecule has 3 aliphatic heterocycles. The van der Waals surface area contributed by atoms with Crippen LogP contribution in [0.1, 0.15) is 49.6 Å². The summed E-state index contributed by atoms with van der Waals surface area (Å²) in [4.78, 5) is 31.0. The number of rotatable bonds is 8. The summed E-state index contributed by atoms with van der Waals surface area (Å²) in [6.07, 6.45) is 4.56. The average molecular weight is 536 g/mol. The number of H-pyrrole nitrogens is 1. The van der Waals surface area contributed by atoms with E-state index in [0.29, 0.717) is 63.3 Å². The van der Waals surface area contributed by atoms with Gasteiger partial charge in [0.1, 0.15) is 0 Å². The van der Waals surface area contributed by atoms with Gasteiger partial charge in [-0.25, -0.2) is 4.79 Å². The molecule has 10 nitrogen and oxygen atoms in total. The lowest BCUT2D eigenvalue weighted by Crippen LogP contribution is -2.42. The second-order valence-corrected chi connectivity index (χ2v) is 10.2. The predicted octanol–water partition coefficient (Wildman–Crippen LogP) is 3.43. The Bertz CT molecular complexity index is 1420. The van der Waals surface area contributed by atoms with Crippen molar-refractivity contribution in [2.75, 3.05) is 33.1 Å². The van der Waals surface area contributed by atoms with Gasteiger partial charge in [-0.1, -0.05) is 18.2 Å². The van der Waals surface area contributed by atoms with Crippen molar-refractivity contribution < 1.29 is 28.8 Å². The summed E-state index contributed by atoms with van der Waals surface area (Å²) < 4.78 is 24.9. The van der Waals surface area contributed by atoms with Gasteiger partial charge in [0.15, 0.2) is 17.3 Å². The van der Waals surface area contributed by atoms with Crippen molar-refractivity contribution in [3.63, 3.8) is 0 Å². The molecule has 0 radical (unpaired) electrons. The van der Waals surface area contributed by atoms with Crippen molar-refractivity contribution in [2.24, 2.45) is 0 Å². The standard InChI is InChI=1S/C29H33N3O7/c33-13-3-4-14-36-27-17-20(19-7-8-24-25(15-19)38-18-37-24)16-26(39-27)28(34)31-11-9-21(10-12-31)32-23-6-2-1-5-22(23)30-29(32)35/h1-2,5-8,15-16,20-21,27,33H,3-4,9-14,17-18H2,(H,30,35)/t20-,27+/m0/s1. The molecule has 0 bridgehead atoms. The summed E-state index contributed by atoms with van der Waals surface area (Å²) >= 11 is 0. The van der Waals surface area contributed by atoms with Crippen LogP contribution >= 0.6 is 0 Å². The summed E-state index contributed by atoms with van der Waals surface area (Å²) in [5, 5.41) is 9.09. The highest BCUT2D eigenvalue weighted by Gasteiger charge is 2.34. The van der Waals surface area contributed by atoms with Crippen molar-refractivity contribution in [2.45, 2.75) is 50.4 Å². The van der Waals surface area contributed by atoms with E-state index in [0.717, 1.165) is 16.6 Å². The highest BCUT2D eigenvalue weighted by molar-refractivity contribution is 5.92. The van der Waals surface area contributed by atoms with E-state index in [1.54, 1.807) is 4.90 Å². The third-order valence-electron chi connectivity index (χ3n) is 7.69. The van der Waals surface area contributed by atoms with Crippen LogP contribution in [0.3, 0.4) is 0 Å². The van der Waals surface area contributed by atoms with Gasteiger partial charge in [-0.05, 0) is 61.6 Å². The molecular weight excluding hydrogens is 502 g/mol. The zero-order valence-corrected chi connectivity index (χ0v) is 21.7. The topological polar surface area (TPSA) is 115 Å². The number of ether oxygens (including phenoxy) is 4. The molecule has 6 rings (SSSR count). The number of nitrogens with zero attached hydrogens (tertiary/aromatic N) is 2. The minimum atomic E-state index is -0.578. The minimum Gasteiger partial charge on any atom is -0.459 e. The first-order valence-corrected chi connectivity index (χ1v) is 13.6. The van der Waals surface area contributed by atoms with Crippen molar-refractivity contribution in [1.29, 1.82) is 0 Å². The van der Waals surface area contributed by atoms with E-state index in [2.05, 4.69) is 4.98 Å². The zero-order chi connectivity index (χ0) is 26.8. The first kappa shape index (κ1) is 25.5. The lowest BCUT2D eigenvalue weighted by atomic mass is 9.92. The van der Waals surface area contributed by atoms with Crippen molar-refractivity contribution in [3.8, 4) is 11.5 Å². The number of likely N-dealkylation sites (tertiary alicyclic amines) is 1. The summed E-state index contributed by atoms with van der Waals surface area (Å²) in [5.41, 5.74) is 2.58. The van der Waals surface area contributed by atoms with Gasteiger partial charge in [-0.3, -0.25) is 9.36 Å². The van der Waals surface area contributed by atoms with Gasteiger partial charge in [-0.2, -0.15) is 0 Å². The van der Waals surface area contributed by atoms with Crippen molar-refractivity contribution in [3.05, 3.63) is 70.3 Å². The number of allylic oxidation sites excluding steroid dienone is 1. The Morgan fingerprint density at radius 3 is 2.74 bits per heavy atom. The Morgan fingerprint density at radius 2 is 1.90 bits per heavy atom. The third-order valence-corrected chi connectivity index (χ3v) is 7.69. The number of hydrogen-bond donors (Lipinski definition) is 2. The molecule has 206 valence electrons. The second-order valence-electron chi connectivity index (χ2n) is 10.2. The maximum absolute atomic E-state index is 13.6. The van der Waals surface area contributed by atoms with Crippen LogP contribution in [0.25, 0.3) is 11.0 Å². The van der Waals surface area contributed by atoms with E-state index in [1.807, 2.05) is 53.1 Å². The molecule has 2 aromatic carbocycles. The Labute approximate surface area is 225 Å². The zero-order valence-electron chi connectivity index (χ0n) is 21.7. The van der Waals surface area contributed by atoms with Crippen LogP contribution in [0.15, 0.2) is 59.1 Å². The van der Waals surface area contributed by atoms with Gasteiger partial charge in [-0.15, -0.1) is 0 Å². The number of aromatic nitrogens is 2. The van der Waals surface area contributed by atoms with Crippen molar-refractivity contribution in [1.82, 2.24) is 14.5 Å². The number of aromatic amines is 1. The Kier molecular flexibility index (Phi) is 7.30. The van der Waals surface area contributed by atoms with Gasteiger partial charge in [0, 0.05) is 38.1 Å². The monoisotopic (exact) mass is 535 g/mol. The van der Waals surface area contributed by atoms with Gasteiger partial charge < -0.3 is 33.9 Å². The van der Waals surface area contributed by atoms with E-state index in [4.69, 9.17) is 24.1 Å². The SMILES string of the molecule is O=C(C1=C[C@H](c2ccc3c(c2)OCO3)C[C@H](OCCCCO)O1)N1CCC(n2c(=O)[nH]c3ccccc32)CC1. The van der Waals surface area contributed by atoms with Crippen LogP contribution in [0, 0.1) is 0 Å². The number of aliphatic hydroxyl groups excluding tert-OH is 1. The number of piperidine rings is 1. The van der Waals surface area contributed by atoms with E-state index in [9.17, 15) is 9.59 Å². The number of para-hydroxylation sites is 2. The fourth-order valence-corrected chi connectivity index (χ4v) is 5.64. The molecule has 39 heavy (non-hydrogen) atoms. The number of benzene rings is 2. The number of nitrogens with one attached hydrogen (secondary N) is 1. The number of fused-ring (bicyclic) bond motifs is 2. The van der Waals surface area contributed by atoms with Crippen molar-refractivity contribution >= 4 is 16.9 Å². The van der Waals surface area contributed by atoms with Crippen LogP contribution in [0.5, 0.6) is 11.5 Å². The highest BCUT2D eigenvalue weighted by atomic mass is 16.7. The van der Waals surface area contributed by atoms with Crippen LogP contribution < -0.4 is 15.2 Å². The molecular formula is C29H33N3O7. The number of amides is 1. The Hall–Kier alpha value is -3.76. The second kappa shape index (κ2) is 11.2. The summed E-state index contributed by atoms with van der Waals surface area (Å²) in [7, 11) is 0. The molecule has 4 heterocycles. The average Bonchev–Trinajstić information content (AvgIpc) is 3.58. The largest absolute Gasteiger partial charge is 0.459 e. The first-order valence-electron chi connectivity index (χ1n) is 13.6. The molecule has 10 heteroatoms. The molecule has 1 amide bonds. The molecule has 3 aromatic rings. The Morgan fingerprint density at radius 1 is 1.08 bits per heavy atom. The molecule has 0 spiro atoms. The molecule has 1 saturated heterocycles. The maximum atomic E-state index is 13.6. The smallest absolute Gasteiger partial charge is 0.326 e. The van der Waals surface area contributed by atoms with Gasteiger partial charge in [0.2, 0.25) is 13.1 Å². The summed E-state index contributed by atoms with van der Waals surface area (Å²) in [6, 6.07) is 13.5. The van der Waals surface area contributed by atoms with E-state index >= 15 is 0 Å². The molecule has 0 aliphatic carbocycles. The third kappa shape index (κ3) is 5.26. The van der Waals surface area contributed by atoms with Gasteiger partial charge >= 0.3 is 5.69 Å². The quantitative estimate of drug-likeness (QED) is 0.425. The van der Waals surface area contributed by atoms with E-state index in [1.165, 1.54) is 0 Å². The number of imidazole rings is 1. The minimum absolute atomic E-state index is 0.0166.